The monoisotopic (exact) mass is 228 g/mol. The summed E-state index contributed by atoms with van der Waals surface area (Å²) >= 11 is 0. The molecule has 1 rings (SSSR count). The van der Waals surface area contributed by atoms with Crippen molar-refractivity contribution in [1.82, 2.24) is 5.32 Å². The van der Waals surface area contributed by atoms with Crippen LogP contribution in [0.4, 0.5) is 0 Å². The van der Waals surface area contributed by atoms with Crippen molar-refractivity contribution in [3.05, 3.63) is 0 Å². The minimum Gasteiger partial charge on any atom is -0.481 e. The van der Waals surface area contributed by atoms with Gasteiger partial charge in [-0.3, -0.25) is 9.59 Å². The van der Waals surface area contributed by atoms with Crippen molar-refractivity contribution in [1.29, 1.82) is 0 Å². The maximum Gasteiger partial charge on any atom is 0.306 e. The lowest BCUT2D eigenvalue weighted by atomic mass is 10.0. The molecule has 1 aliphatic rings. The molecular formula is C11H20N2O3. The molecule has 0 radical (unpaired) electrons. The molecule has 0 saturated heterocycles. The molecule has 0 spiro atoms. The average molecular weight is 228 g/mol. The summed E-state index contributed by atoms with van der Waals surface area (Å²) in [6, 6.07) is 0. The number of hydrogen-bond donors (Lipinski definition) is 3. The van der Waals surface area contributed by atoms with Crippen molar-refractivity contribution in [3.8, 4) is 0 Å². The summed E-state index contributed by atoms with van der Waals surface area (Å²) in [7, 11) is 0. The zero-order valence-electron chi connectivity index (χ0n) is 9.45. The molecule has 2 atom stereocenters. The summed E-state index contributed by atoms with van der Waals surface area (Å²) < 4.78 is 0. The first-order chi connectivity index (χ1) is 7.65. The molecule has 0 heterocycles. The number of carbonyl (C=O) groups excluding carboxylic acids is 1. The van der Waals surface area contributed by atoms with Crippen LogP contribution in [0.2, 0.25) is 0 Å². The van der Waals surface area contributed by atoms with Crippen LogP contribution in [0.3, 0.4) is 0 Å². The van der Waals surface area contributed by atoms with E-state index >= 15 is 0 Å². The van der Waals surface area contributed by atoms with Crippen molar-refractivity contribution in [2.45, 2.75) is 32.1 Å². The molecule has 4 N–H and O–H groups in total. The Morgan fingerprint density at radius 3 is 2.50 bits per heavy atom. The third-order valence-electron chi connectivity index (χ3n) is 3.08. The highest BCUT2D eigenvalue weighted by Crippen LogP contribution is 2.30. The van der Waals surface area contributed by atoms with Gasteiger partial charge in [0.1, 0.15) is 0 Å². The molecule has 0 aromatic heterocycles. The fraction of sp³-hybridized carbons (Fsp3) is 0.818. The number of carboxylic acid groups (broad SMARTS) is 1. The average Bonchev–Trinajstić information content (AvgIpc) is 2.73. The highest BCUT2D eigenvalue weighted by Gasteiger charge is 2.33. The summed E-state index contributed by atoms with van der Waals surface area (Å²) in [5.74, 6) is -1.22. The summed E-state index contributed by atoms with van der Waals surface area (Å²) in [6.45, 7) is 1.28. The molecule has 16 heavy (non-hydrogen) atoms. The normalized spacial score (nSPS) is 24.3. The molecular weight excluding hydrogens is 208 g/mol. The van der Waals surface area contributed by atoms with Gasteiger partial charge in [0.25, 0.3) is 0 Å². The molecule has 5 nitrogen and oxygen atoms in total. The Bertz CT molecular complexity index is 256. The Morgan fingerprint density at radius 1 is 1.25 bits per heavy atom. The number of rotatable bonds is 6. The van der Waals surface area contributed by atoms with E-state index in [4.69, 9.17) is 10.8 Å². The van der Waals surface area contributed by atoms with Gasteiger partial charge in [-0.2, -0.15) is 0 Å². The second kappa shape index (κ2) is 6.48. The van der Waals surface area contributed by atoms with E-state index in [2.05, 4.69) is 5.32 Å². The molecule has 2 unspecified atom stereocenters. The molecule has 0 aliphatic heterocycles. The fourth-order valence-electron chi connectivity index (χ4n) is 2.07. The first-order valence-electron chi connectivity index (χ1n) is 5.85. The molecule has 92 valence electrons. The van der Waals surface area contributed by atoms with Crippen molar-refractivity contribution in [3.63, 3.8) is 0 Å². The number of carboxylic acids is 1. The number of amides is 1. The van der Waals surface area contributed by atoms with Gasteiger partial charge in [-0.15, -0.1) is 0 Å². The molecule has 1 aliphatic carbocycles. The number of nitrogens with two attached hydrogens (primary N) is 1. The molecule has 0 bridgehead atoms. The van der Waals surface area contributed by atoms with Crippen molar-refractivity contribution in [2.24, 2.45) is 17.6 Å². The molecule has 1 fully saturated rings. The molecule has 0 aromatic rings. The summed E-state index contributed by atoms with van der Waals surface area (Å²) in [6.07, 6.45) is 3.59. The summed E-state index contributed by atoms with van der Waals surface area (Å²) in [5, 5.41) is 11.6. The Kier molecular flexibility index (Phi) is 5.25. The molecule has 1 amide bonds. The highest BCUT2D eigenvalue weighted by molar-refractivity contribution is 5.80. The minimum absolute atomic E-state index is 0.000714. The highest BCUT2D eigenvalue weighted by atomic mass is 16.4. The topological polar surface area (TPSA) is 92.4 Å². The van der Waals surface area contributed by atoms with Gasteiger partial charge < -0.3 is 16.2 Å². The van der Waals surface area contributed by atoms with Gasteiger partial charge in [-0.1, -0.05) is 0 Å². The van der Waals surface area contributed by atoms with Gasteiger partial charge in [0.15, 0.2) is 0 Å². The van der Waals surface area contributed by atoms with Crippen molar-refractivity contribution in [2.75, 3.05) is 13.1 Å². The quantitative estimate of drug-likeness (QED) is 0.572. The van der Waals surface area contributed by atoms with Gasteiger partial charge >= 0.3 is 5.97 Å². The number of unbranched alkanes of at least 4 members (excludes halogenated alkanes) is 1. The predicted molar refractivity (Wildman–Crippen MR) is 59.8 cm³/mol. The van der Waals surface area contributed by atoms with E-state index in [0.29, 0.717) is 32.4 Å². The van der Waals surface area contributed by atoms with Crippen LogP contribution in [0.25, 0.3) is 0 Å². The Hall–Kier alpha value is -1.10. The van der Waals surface area contributed by atoms with E-state index in [-0.39, 0.29) is 17.7 Å². The number of aliphatic carboxylic acids is 1. The minimum atomic E-state index is -0.779. The third kappa shape index (κ3) is 3.81. The standard InChI is InChI=1S/C11H20N2O3/c12-5-1-2-6-13-10(14)8-3-4-9(7-8)11(15)16/h8-9H,1-7,12H2,(H,13,14)(H,15,16). The van der Waals surface area contributed by atoms with Gasteiger partial charge in [0.05, 0.1) is 5.92 Å². The number of carbonyl (C=O) groups is 2. The lowest BCUT2D eigenvalue weighted by molar-refractivity contribution is -0.141. The third-order valence-corrected chi connectivity index (χ3v) is 3.08. The Morgan fingerprint density at radius 2 is 1.94 bits per heavy atom. The fourth-order valence-corrected chi connectivity index (χ4v) is 2.07. The lowest BCUT2D eigenvalue weighted by Gasteiger charge is -2.10. The van der Waals surface area contributed by atoms with Crippen LogP contribution < -0.4 is 11.1 Å². The summed E-state index contributed by atoms with van der Waals surface area (Å²) in [4.78, 5) is 22.4. The van der Waals surface area contributed by atoms with Crippen LogP contribution >= 0.6 is 0 Å². The van der Waals surface area contributed by atoms with Crippen LogP contribution in [0.1, 0.15) is 32.1 Å². The largest absolute Gasteiger partial charge is 0.481 e. The first kappa shape index (κ1) is 13.0. The van der Waals surface area contributed by atoms with E-state index in [0.717, 1.165) is 12.8 Å². The lowest BCUT2D eigenvalue weighted by Crippen LogP contribution is -2.30. The van der Waals surface area contributed by atoms with E-state index in [9.17, 15) is 9.59 Å². The Balaban J connectivity index is 2.20. The number of nitrogens with one attached hydrogen (secondary N) is 1. The van der Waals surface area contributed by atoms with Crippen LogP contribution in [-0.4, -0.2) is 30.1 Å². The van der Waals surface area contributed by atoms with Gasteiger partial charge in [0.2, 0.25) is 5.91 Å². The molecule has 0 aromatic carbocycles. The van der Waals surface area contributed by atoms with Crippen LogP contribution in [-0.2, 0) is 9.59 Å². The van der Waals surface area contributed by atoms with E-state index in [1.54, 1.807) is 0 Å². The van der Waals surface area contributed by atoms with Gasteiger partial charge in [-0.25, -0.2) is 0 Å². The van der Waals surface area contributed by atoms with E-state index < -0.39 is 5.97 Å². The molecule has 5 heteroatoms. The first-order valence-corrected chi connectivity index (χ1v) is 5.85. The van der Waals surface area contributed by atoms with Gasteiger partial charge in [0, 0.05) is 12.5 Å². The zero-order valence-corrected chi connectivity index (χ0v) is 9.45. The zero-order chi connectivity index (χ0) is 12.0. The van der Waals surface area contributed by atoms with Crippen LogP contribution in [0.5, 0.6) is 0 Å². The van der Waals surface area contributed by atoms with Crippen molar-refractivity contribution < 1.29 is 14.7 Å². The predicted octanol–water partition coefficient (Wildman–Crippen LogP) is 0.342. The van der Waals surface area contributed by atoms with Crippen molar-refractivity contribution >= 4 is 11.9 Å². The van der Waals surface area contributed by atoms with Crippen LogP contribution in [0, 0.1) is 11.8 Å². The SMILES string of the molecule is NCCCCNC(=O)C1CCC(C(=O)O)C1. The maximum absolute atomic E-state index is 11.6. The smallest absolute Gasteiger partial charge is 0.306 e. The summed E-state index contributed by atoms with van der Waals surface area (Å²) in [5.41, 5.74) is 5.34. The van der Waals surface area contributed by atoms with Gasteiger partial charge in [-0.05, 0) is 38.6 Å². The molecule has 1 saturated carbocycles. The Labute approximate surface area is 95.4 Å². The van der Waals surface area contributed by atoms with E-state index in [1.165, 1.54) is 0 Å². The number of hydrogen-bond acceptors (Lipinski definition) is 3. The second-order valence-corrected chi connectivity index (χ2v) is 4.33. The second-order valence-electron chi connectivity index (χ2n) is 4.33. The van der Waals surface area contributed by atoms with Crippen LogP contribution in [0.15, 0.2) is 0 Å². The van der Waals surface area contributed by atoms with E-state index in [1.807, 2.05) is 0 Å². The maximum atomic E-state index is 11.6.